The number of hydrogen-bond acceptors (Lipinski definition) is 0. The predicted octanol–water partition coefficient (Wildman–Crippen LogP) is 7.44. The van der Waals surface area contributed by atoms with Crippen LogP contribution in [0.25, 0.3) is 0 Å². The predicted molar refractivity (Wildman–Crippen MR) is 127 cm³/mol. The molecule has 0 spiro atoms. The van der Waals surface area contributed by atoms with Gasteiger partial charge in [-0.05, 0) is 0 Å². The first-order valence-electron chi connectivity index (χ1n) is 8.83. The van der Waals surface area contributed by atoms with Gasteiger partial charge >= 0.3 is 0 Å². The molecule has 0 N–H and O–H groups in total. The summed E-state index contributed by atoms with van der Waals surface area (Å²) < 4.78 is 0. The zero-order valence-electron chi connectivity index (χ0n) is 19.2. The molecule has 0 saturated heterocycles. The number of rotatable bonds is 3. The van der Waals surface area contributed by atoms with Gasteiger partial charge in [0.25, 0.3) is 0 Å². The molecule has 8 radical (unpaired) electrons. The minimum atomic E-state index is -0.0957. The Bertz CT molecular complexity index is 152. The van der Waals surface area contributed by atoms with Crippen molar-refractivity contribution in [2.75, 3.05) is 0 Å². The van der Waals surface area contributed by atoms with E-state index in [4.69, 9.17) is 0 Å². The van der Waals surface area contributed by atoms with Gasteiger partial charge in [0.1, 0.15) is 0 Å². The quantitative estimate of drug-likeness (QED) is 0.357. The van der Waals surface area contributed by atoms with Crippen LogP contribution < -0.4 is 0 Å². The van der Waals surface area contributed by atoms with E-state index in [2.05, 4.69) is 100 Å². The summed E-state index contributed by atoms with van der Waals surface area (Å²) in [4.78, 5) is 0. The van der Waals surface area contributed by atoms with Crippen LogP contribution in [0.4, 0.5) is 0 Å². The average molecular weight is 496 g/mol. The van der Waals surface area contributed by atoms with Crippen molar-refractivity contribution < 1.29 is 0 Å². The minimum absolute atomic E-state index is 0. The smallest absolute Gasteiger partial charge is 0.0561 e. The van der Waals surface area contributed by atoms with E-state index >= 15 is 0 Å². The van der Waals surface area contributed by atoms with E-state index in [1.54, 1.807) is 0 Å². The summed E-state index contributed by atoms with van der Waals surface area (Å²) >= 11 is 0. The summed E-state index contributed by atoms with van der Waals surface area (Å²) in [7, 11) is 0.265. The van der Waals surface area contributed by atoms with E-state index in [0.29, 0.717) is 0 Å². The molecule has 0 unspecified atom stereocenters. The molecule has 23 heavy (non-hydrogen) atoms. The van der Waals surface area contributed by atoms with Crippen LogP contribution in [-0.4, -0.2) is 59.1 Å². The molecule has 0 aromatic rings. The van der Waals surface area contributed by atoms with Crippen LogP contribution in [0, 0.1) is 0 Å². The second-order valence-electron chi connectivity index (χ2n) is 8.46. The Kier molecular flexibility index (Phi) is 36.8. The second-order valence-corrected chi connectivity index (χ2v) is 21.9. The van der Waals surface area contributed by atoms with Crippen LogP contribution in [0.1, 0.15) is 41.5 Å². The van der Waals surface area contributed by atoms with Crippen molar-refractivity contribution in [3.8, 4) is 0 Å². The van der Waals surface area contributed by atoms with Gasteiger partial charge in [0.15, 0.2) is 0 Å². The first kappa shape index (κ1) is 35.7. The second kappa shape index (κ2) is 23.7. The maximum absolute atomic E-state index is 2.37. The first-order chi connectivity index (χ1) is 9.66. The summed E-state index contributed by atoms with van der Waals surface area (Å²) in [6, 6.07) is 0. The third-order valence-electron chi connectivity index (χ3n) is 2.00. The molecule has 0 saturated carbocycles. The fourth-order valence-corrected chi connectivity index (χ4v) is 6.00. The van der Waals surface area contributed by atoms with Crippen molar-refractivity contribution in [1.29, 1.82) is 0 Å². The van der Waals surface area contributed by atoms with Gasteiger partial charge in [-0.15, -0.1) is 0 Å². The molecule has 0 heterocycles. The molecular weight excluding hydrogens is 447 g/mol. The Labute approximate surface area is 175 Å². The molecule has 0 amide bonds. The van der Waals surface area contributed by atoms with Crippen LogP contribution in [-0.2, 0) is 0 Å². The molecule has 5 heteroatoms. The molecule has 0 aliphatic heterocycles. The maximum atomic E-state index is 2.37. The van der Waals surface area contributed by atoms with Crippen molar-refractivity contribution >= 4 is 59.1 Å². The van der Waals surface area contributed by atoms with Crippen LogP contribution in [0.5, 0.6) is 0 Å². The topological polar surface area (TPSA) is 0 Å². The third kappa shape index (κ3) is 59.5. The van der Waals surface area contributed by atoms with E-state index in [1.165, 1.54) is 0 Å². The van der Waals surface area contributed by atoms with Crippen molar-refractivity contribution in [3.63, 3.8) is 0 Å². The Balaban J connectivity index is -0.0000000700. The van der Waals surface area contributed by atoms with Crippen molar-refractivity contribution in [2.45, 2.75) is 117 Å². The summed E-state index contributed by atoms with van der Waals surface area (Å²) in [5.74, 6) is 0. The Morgan fingerprint density at radius 3 is 0.478 bits per heavy atom. The van der Waals surface area contributed by atoms with E-state index in [-0.39, 0.29) is 59.1 Å². The van der Waals surface area contributed by atoms with Crippen molar-refractivity contribution in [2.24, 2.45) is 0 Å². The van der Waals surface area contributed by atoms with Gasteiger partial charge in [-0.3, -0.25) is 0 Å². The standard InChI is InChI=1S/C9H21Si.3C3H9Si.Sn/c1-7(2)10(8(3)4)9(5)6;3*1-4(2)3;/h7-9H,1-6H3;3*1-3H3;. The van der Waals surface area contributed by atoms with Gasteiger partial charge < -0.3 is 0 Å². The van der Waals surface area contributed by atoms with Gasteiger partial charge in [-0.1, -0.05) is 117 Å². The third-order valence-corrected chi connectivity index (χ3v) is 6.00. The molecule has 140 valence electrons. The fraction of sp³-hybridized carbons (Fsp3) is 1.00. The van der Waals surface area contributed by atoms with Crippen molar-refractivity contribution in [1.82, 2.24) is 0 Å². The zero-order chi connectivity index (χ0) is 19.0. The Morgan fingerprint density at radius 1 is 0.391 bits per heavy atom. The van der Waals surface area contributed by atoms with Gasteiger partial charge in [-0.2, -0.15) is 0 Å². The summed E-state index contributed by atoms with van der Waals surface area (Å²) in [6.45, 7) is 34.6. The molecule has 0 nitrogen and oxygen atoms in total. The zero-order valence-corrected chi connectivity index (χ0v) is 26.1. The summed E-state index contributed by atoms with van der Waals surface area (Å²) in [5, 5.41) is 0. The Morgan fingerprint density at radius 2 is 0.478 bits per heavy atom. The first-order valence-corrected chi connectivity index (χ1v) is 19.6. The van der Waals surface area contributed by atoms with Gasteiger partial charge in [-0.25, -0.2) is 0 Å². The van der Waals surface area contributed by atoms with Crippen LogP contribution >= 0.6 is 0 Å². The average Bonchev–Trinajstić information content (AvgIpc) is 2.10. The van der Waals surface area contributed by atoms with Crippen molar-refractivity contribution in [3.05, 3.63) is 0 Å². The normalized spacial score (nSPS) is 10.2. The van der Waals surface area contributed by atoms with Crippen LogP contribution in [0.15, 0.2) is 0 Å². The van der Waals surface area contributed by atoms with Gasteiger partial charge in [0.2, 0.25) is 0 Å². The SMILES string of the molecule is CC(C)[Si](C(C)C)C(C)C.C[Si](C)C.C[Si](C)C.C[Si](C)C.[Sn]. The molecule has 0 rings (SSSR count). The number of hydrogen-bond donors (Lipinski definition) is 0. The van der Waals surface area contributed by atoms with Crippen LogP contribution in [0.3, 0.4) is 0 Å². The summed E-state index contributed by atoms with van der Waals surface area (Å²) in [5.41, 5.74) is 2.81. The van der Waals surface area contributed by atoms with Crippen LogP contribution in [0.2, 0.25) is 75.5 Å². The monoisotopic (exact) mass is 496 g/mol. The van der Waals surface area contributed by atoms with E-state index in [9.17, 15) is 0 Å². The molecule has 0 aromatic heterocycles. The molecule has 0 aliphatic rings. The molecule has 0 fully saturated rings. The fourth-order valence-electron chi connectivity index (χ4n) is 2.00. The van der Waals surface area contributed by atoms with Gasteiger partial charge in [0, 0.05) is 50.3 Å². The minimum Gasteiger partial charge on any atom is -0.0715 e. The molecular formula is C18H48Si4Sn. The van der Waals surface area contributed by atoms with E-state index in [1.807, 2.05) is 0 Å². The molecule has 0 aromatic carbocycles. The largest absolute Gasteiger partial charge is 0.0715 e. The molecule has 0 aliphatic carbocycles. The van der Waals surface area contributed by atoms with E-state index < -0.39 is 0 Å². The Hall–Kier alpha value is 1.67. The maximum Gasteiger partial charge on any atom is 0.0561 e. The molecule has 0 bridgehead atoms. The van der Waals surface area contributed by atoms with E-state index in [0.717, 1.165) is 16.6 Å². The molecule has 0 atom stereocenters. The summed E-state index contributed by atoms with van der Waals surface area (Å²) in [6.07, 6.45) is 0. The van der Waals surface area contributed by atoms with Gasteiger partial charge in [0.05, 0.1) is 8.80 Å².